The Hall–Kier alpha value is -4.15. The first kappa shape index (κ1) is 23.0. The summed E-state index contributed by atoms with van der Waals surface area (Å²) in [6.45, 7) is 0.141. The minimum Gasteiger partial charge on any atom is -0.324 e. The van der Waals surface area contributed by atoms with Crippen molar-refractivity contribution >= 4 is 28.9 Å². The van der Waals surface area contributed by atoms with Gasteiger partial charge in [-0.25, -0.2) is 18.7 Å². The molecule has 4 aromatic rings. The van der Waals surface area contributed by atoms with E-state index in [4.69, 9.17) is 16.9 Å². The molecular formula is C26H18ClF2N5. The van der Waals surface area contributed by atoms with E-state index >= 15 is 0 Å². The van der Waals surface area contributed by atoms with Crippen LogP contribution in [0.15, 0.2) is 71.9 Å². The molecule has 5 nitrogen and oxygen atoms in total. The largest absolute Gasteiger partial charge is 0.324 e. The van der Waals surface area contributed by atoms with E-state index in [0.29, 0.717) is 44.6 Å². The molecule has 1 aliphatic heterocycles. The van der Waals surface area contributed by atoms with Gasteiger partial charge in [-0.3, -0.25) is 4.99 Å². The summed E-state index contributed by atoms with van der Waals surface area (Å²) in [4.78, 5) is 13.5. The first-order valence-electron chi connectivity index (χ1n) is 9.96. The Morgan fingerprint density at radius 2 is 1.71 bits per heavy atom. The van der Waals surface area contributed by atoms with Crippen molar-refractivity contribution in [3.63, 3.8) is 0 Å². The molecule has 1 aliphatic rings. The van der Waals surface area contributed by atoms with Crippen LogP contribution in [0.25, 0.3) is 11.3 Å². The molecular weight excluding hydrogens is 456 g/mol. The van der Waals surface area contributed by atoms with Gasteiger partial charge in [0, 0.05) is 33.6 Å². The Balaban J connectivity index is 0.00000274. The first-order chi connectivity index (χ1) is 16.0. The predicted octanol–water partition coefficient (Wildman–Crippen LogP) is 6.68. The third-order valence-electron chi connectivity index (χ3n) is 5.23. The highest BCUT2D eigenvalue weighted by Gasteiger charge is 2.25. The van der Waals surface area contributed by atoms with Gasteiger partial charge in [0.1, 0.15) is 11.6 Å². The summed E-state index contributed by atoms with van der Waals surface area (Å²) >= 11 is 6.24. The van der Waals surface area contributed by atoms with Crippen LogP contribution in [0.3, 0.4) is 0 Å². The maximum atomic E-state index is 14.6. The molecule has 168 valence electrons. The molecule has 8 heteroatoms. The van der Waals surface area contributed by atoms with Gasteiger partial charge in [0.15, 0.2) is 0 Å². The van der Waals surface area contributed by atoms with Crippen molar-refractivity contribution in [1.29, 1.82) is 5.26 Å². The number of benzene rings is 3. The van der Waals surface area contributed by atoms with E-state index in [1.807, 2.05) is 0 Å². The summed E-state index contributed by atoms with van der Waals surface area (Å²) in [7, 11) is 0. The van der Waals surface area contributed by atoms with Gasteiger partial charge in [-0.05, 0) is 48.5 Å². The van der Waals surface area contributed by atoms with E-state index in [9.17, 15) is 8.78 Å². The van der Waals surface area contributed by atoms with Gasteiger partial charge in [0.25, 0.3) is 0 Å². The van der Waals surface area contributed by atoms with Crippen molar-refractivity contribution in [1.82, 2.24) is 9.97 Å². The number of nitriles is 1. The van der Waals surface area contributed by atoms with E-state index in [2.05, 4.69) is 26.3 Å². The van der Waals surface area contributed by atoms with E-state index in [1.54, 1.807) is 48.7 Å². The lowest BCUT2D eigenvalue weighted by Crippen LogP contribution is -2.10. The quantitative estimate of drug-likeness (QED) is 0.360. The average Bonchev–Trinajstić information content (AvgIpc) is 2.96. The maximum Gasteiger partial charge on any atom is 0.227 e. The molecule has 34 heavy (non-hydrogen) atoms. The van der Waals surface area contributed by atoms with Crippen molar-refractivity contribution in [3.05, 3.63) is 106 Å². The van der Waals surface area contributed by atoms with Crippen LogP contribution in [-0.4, -0.2) is 15.7 Å². The van der Waals surface area contributed by atoms with Gasteiger partial charge < -0.3 is 5.32 Å². The van der Waals surface area contributed by atoms with Crippen LogP contribution in [0.4, 0.5) is 20.4 Å². The number of nitrogens with zero attached hydrogens (tertiary/aromatic N) is 4. The summed E-state index contributed by atoms with van der Waals surface area (Å²) in [6.07, 6.45) is 1.64. The van der Waals surface area contributed by atoms with Gasteiger partial charge in [-0.15, -0.1) is 0 Å². The first-order valence-corrected chi connectivity index (χ1v) is 10.3. The zero-order valence-corrected chi connectivity index (χ0v) is 17.7. The van der Waals surface area contributed by atoms with Crippen LogP contribution in [0.5, 0.6) is 0 Å². The molecule has 0 saturated carbocycles. The zero-order valence-electron chi connectivity index (χ0n) is 17.0. The summed E-state index contributed by atoms with van der Waals surface area (Å²) < 4.78 is 29.3. The Bertz CT molecular complexity index is 1440. The predicted molar refractivity (Wildman–Crippen MR) is 129 cm³/mol. The number of aromatic nitrogens is 2. The van der Waals surface area contributed by atoms with Crippen molar-refractivity contribution in [2.75, 3.05) is 5.32 Å². The van der Waals surface area contributed by atoms with Crippen LogP contribution in [0, 0.1) is 23.0 Å². The number of nitrogens with one attached hydrogen (secondary N) is 1. The van der Waals surface area contributed by atoms with Gasteiger partial charge in [0.05, 0.1) is 35.1 Å². The molecule has 0 amide bonds. The van der Waals surface area contributed by atoms with E-state index < -0.39 is 11.6 Å². The lowest BCUT2D eigenvalue weighted by molar-refractivity contribution is 0.579. The smallest absolute Gasteiger partial charge is 0.227 e. The normalized spacial score (nSPS) is 11.8. The Kier molecular flexibility index (Phi) is 6.35. The fraction of sp³-hybridized carbons (Fsp3) is 0.0769. The summed E-state index contributed by atoms with van der Waals surface area (Å²) in [5.41, 5.74) is 3.62. The Morgan fingerprint density at radius 1 is 0.971 bits per heavy atom. The number of hydrogen-bond donors (Lipinski definition) is 1. The number of fused-ring (bicyclic) bond motifs is 3. The van der Waals surface area contributed by atoms with Gasteiger partial charge in [0.2, 0.25) is 5.95 Å². The summed E-state index contributed by atoms with van der Waals surface area (Å²) in [5, 5.41) is 12.5. The molecule has 1 aromatic heterocycles. The fourth-order valence-corrected chi connectivity index (χ4v) is 3.85. The van der Waals surface area contributed by atoms with E-state index in [0.717, 1.165) is 0 Å². The maximum absolute atomic E-state index is 14.6. The van der Waals surface area contributed by atoms with Gasteiger partial charge in [-0.1, -0.05) is 31.2 Å². The molecule has 2 heterocycles. The molecule has 3 aromatic carbocycles. The Morgan fingerprint density at radius 3 is 2.41 bits per heavy atom. The lowest BCUT2D eigenvalue weighted by atomic mass is 9.95. The van der Waals surface area contributed by atoms with Crippen LogP contribution in [0.2, 0.25) is 5.02 Å². The molecule has 0 radical (unpaired) electrons. The summed E-state index contributed by atoms with van der Waals surface area (Å²) in [6, 6.07) is 17.7. The zero-order chi connectivity index (χ0) is 22.9. The van der Waals surface area contributed by atoms with Crippen LogP contribution >= 0.6 is 11.6 Å². The van der Waals surface area contributed by atoms with E-state index in [-0.39, 0.29) is 25.2 Å². The molecule has 0 bridgehead atoms. The number of halogens is 3. The fourth-order valence-electron chi connectivity index (χ4n) is 3.68. The molecule has 0 fully saturated rings. The van der Waals surface area contributed by atoms with Gasteiger partial charge >= 0.3 is 0 Å². The number of rotatable bonds is 3. The standard InChI is InChI=1S/C25H14ClF2N5.CH4/c26-16-6-9-18-19(10-16)24(22-20(27)2-1-3-21(22)28)30-12-15-13-31-25(33-23(15)18)32-17-7-4-14(11-29)5-8-17;/h1-10,13H,12H2,(H,31,32,33);1H4. The second-order valence-electron chi connectivity index (χ2n) is 7.33. The number of anilines is 2. The second kappa shape index (κ2) is 9.38. The Labute approximate surface area is 200 Å². The third kappa shape index (κ3) is 4.24. The molecule has 5 rings (SSSR count). The molecule has 0 aliphatic carbocycles. The summed E-state index contributed by atoms with van der Waals surface area (Å²) in [5.74, 6) is -1.08. The monoisotopic (exact) mass is 473 g/mol. The average molecular weight is 474 g/mol. The molecule has 1 N–H and O–H groups in total. The third-order valence-corrected chi connectivity index (χ3v) is 5.47. The van der Waals surface area contributed by atoms with Crippen LogP contribution in [0.1, 0.15) is 29.7 Å². The number of aliphatic imine (C=N–C) groups is 1. The minimum atomic E-state index is -0.708. The minimum absolute atomic E-state index is 0. The van der Waals surface area contributed by atoms with E-state index in [1.165, 1.54) is 18.2 Å². The molecule has 0 saturated heterocycles. The molecule has 0 unspecified atom stereocenters. The highest BCUT2D eigenvalue weighted by Crippen LogP contribution is 2.34. The molecule has 0 spiro atoms. The topological polar surface area (TPSA) is 74.0 Å². The molecule has 0 atom stereocenters. The van der Waals surface area contributed by atoms with Crippen molar-refractivity contribution in [2.45, 2.75) is 14.0 Å². The SMILES string of the molecule is C.N#Cc1ccc(Nc2ncc3c(n2)-c2ccc(Cl)cc2C(c2c(F)cccc2F)=NC3)cc1. The lowest BCUT2D eigenvalue weighted by Gasteiger charge is -2.13. The highest BCUT2D eigenvalue weighted by molar-refractivity contribution is 6.31. The number of hydrogen-bond acceptors (Lipinski definition) is 5. The van der Waals surface area contributed by atoms with Crippen LogP contribution < -0.4 is 5.32 Å². The van der Waals surface area contributed by atoms with Gasteiger partial charge in [-0.2, -0.15) is 5.26 Å². The second-order valence-corrected chi connectivity index (χ2v) is 7.77. The van der Waals surface area contributed by atoms with Crippen molar-refractivity contribution < 1.29 is 8.78 Å². The van der Waals surface area contributed by atoms with Crippen LogP contribution in [-0.2, 0) is 6.54 Å². The van der Waals surface area contributed by atoms with Crippen molar-refractivity contribution in [3.8, 4) is 17.3 Å². The van der Waals surface area contributed by atoms with Crippen molar-refractivity contribution in [2.24, 2.45) is 4.99 Å². The highest BCUT2D eigenvalue weighted by atomic mass is 35.5.